The topological polar surface area (TPSA) is 86.7 Å². The number of nitrogens with zero attached hydrogens (tertiary/aromatic N) is 1. The first-order valence-electron chi connectivity index (χ1n) is 5.96. The van der Waals surface area contributed by atoms with Gasteiger partial charge in [-0.05, 0) is 18.6 Å². The average Bonchev–Trinajstić information content (AvgIpc) is 2.46. The first kappa shape index (κ1) is 13.5. The molecule has 0 unspecified atom stereocenters. The van der Waals surface area contributed by atoms with Crippen molar-refractivity contribution in [2.75, 3.05) is 32.7 Å². The molecule has 1 aliphatic rings. The zero-order valence-corrected chi connectivity index (χ0v) is 10.7. The van der Waals surface area contributed by atoms with Crippen molar-refractivity contribution in [1.82, 2.24) is 0 Å². The third-order valence-electron chi connectivity index (χ3n) is 2.71. The van der Waals surface area contributed by atoms with Gasteiger partial charge in [-0.15, -0.1) is 0 Å². The second-order valence-corrected chi connectivity index (χ2v) is 4.02. The van der Waals surface area contributed by atoms with E-state index < -0.39 is 6.29 Å². The van der Waals surface area contributed by atoms with E-state index in [0.29, 0.717) is 30.4 Å². The Hall–Kier alpha value is -1.97. The molecule has 6 nitrogen and oxygen atoms in total. The van der Waals surface area contributed by atoms with Crippen molar-refractivity contribution in [2.45, 2.75) is 12.7 Å². The van der Waals surface area contributed by atoms with Gasteiger partial charge in [0.15, 0.2) is 24.4 Å². The van der Waals surface area contributed by atoms with Crippen LogP contribution in [0.2, 0.25) is 0 Å². The van der Waals surface area contributed by atoms with E-state index in [4.69, 9.17) is 29.9 Å². The lowest BCUT2D eigenvalue weighted by Crippen LogP contribution is -2.18. The highest BCUT2D eigenvalue weighted by molar-refractivity contribution is 5.62. The predicted molar refractivity (Wildman–Crippen MR) is 67.8 cm³/mol. The summed E-state index contributed by atoms with van der Waals surface area (Å²) in [7, 11) is 1.51. The van der Waals surface area contributed by atoms with Crippen molar-refractivity contribution >= 4 is 5.69 Å². The van der Waals surface area contributed by atoms with Crippen molar-refractivity contribution in [3.05, 3.63) is 17.7 Å². The van der Waals surface area contributed by atoms with E-state index in [1.807, 2.05) is 6.07 Å². The second kappa shape index (κ2) is 6.27. The fraction of sp³-hybridized carbons (Fsp3) is 0.462. The van der Waals surface area contributed by atoms with E-state index in [0.717, 1.165) is 12.0 Å². The summed E-state index contributed by atoms with van der Waals surface area (Å²) in [5.41, 5.74) is 7.09. The Kier molecular flexibility index (Phi) is 4.44. The van der Waals surface area contributed by atoms with Crippen molar-refractivity contribution in [1.29, 1.82) is 5.26 Å². The predicted octanol–water partition coefficient (Wildman–Crippen LogP) is 1.62. The van der Waals surface area contributed by atoms with Crippen LogP contribution in [-0.2, 0) is 9.47 Å². The minimum atomic E-state index is -0.435. The monoisotopic (exact) mass is 264 g/mol. The normalized spacial score (nSPS) is 15.8. The second-order valence-electron chi connectivity index (χ2n) is 4.02. The third kappa shape index (κ3) is 3.08. The molecular weight excluding hydrogens is 248 g/mol. The van der Waals surface area contributed by atoms with Gasteiger partial charge in [0.25, 0.3) is 0 Å². The number of anilines is 1. The average molecular weight is 264 g/mol. The van der Waals surface area contributed by atoms with Gasteiger partial charge < -0.3 is 24.7 Å². The summed E-state index contributed by atoms with van der Waals surface area (Å²) in [6, 6.07) is 5.35. The molecule has 1 fully saturated rings. The highest BCUT2D eigenvalue weighted by atomic mass is 16.7. The van der Waals surface area contributed by atoms with E-state index in [1.165, 1.54) is 7.11 Å². The van der Waals surface area contributed by atoms with Crippen LogP contribution in [0.1, 0.15) is 18.3 Å². The summed E-state index contributed by atoms with van der Waals surface area (Å²) in [5, 5.41) is 8.54. The number of hydrogen-bond acceptors (Lipinski definition) is 6. The highest BCUT2D eigenvalue weighted by Gasteiger charge is 2.20. The molecule has 0 aromatic heterocycles. The Balaban J connectivity index is 2.27. The molecule has 6 heteroatoms. The molecule has 0 radical (unpaired) electrons. The zero-order valence-electron chi connectivity index (χ0n) is 10.7. The largest absolute Gasteiger partial charge is 0.493 e. The first-order chi connectivity index (χ1) is 9.26. The molecule has 1 aromatic rings. The van der Waals surface area contributed by atoms with Crippen LogP contribution in [0.3, 0.4) is 0 Å². The van der Waals surface area contributed by atoms with Crippen LogP contribution in [0.25, 0.3) is 0 Å². The van der Waals surface area contributed by atoms with Crippen LogP contribution in [-0.4, -0.2) is 26.9 Å². The number of hydrogen-bond donors (Lipinski definition) is 1. The maximum atomic E-state index is 8.54. The fourth-order valence-electron chi connectivity index (χ4n) is 1.87. The summed E-state index contributed by atoms with van der Waals surface area (Å²) < 4.78 is 21.5. The van der Waals surface area contributed by atoms with Gasteiger partial charge in [0.05, 0.1) is 26.0 Å². The van der Waals surface area contributed by atoms with Crippen LogP contribution in [0.5, 0.6) is 11.5 Å². The van der Waals surface area contributed by atoms with Gasteiger partial charge in [-0.3, -0.25) is 0 Å². The summed E-state index contributed by atoms with van der Waals surface area (Å²) in [6.45, 7) is 1.22. The lowest BCUT2D eigenvalue weighted by Gasteiger charge is -2.24. The Bertz CT molecular complexity index is 478. The van der Waals surface area contributed by atoms with Gasteiger partial charge in [-0.2, -0.15) is 5.26 Å². The standard InChI is InChI=1S/C13H16N2O4/c1-16-11-8-9(13-18-4-2-5-19-13)7-10(15)12(11)17-6-3-14/h7-8,13H,2,4-6,15H2,1H3. The van der Waals surface area contributed by atoms with Crippen molar-refractivity contribution in [3.8, 4) is 17.6 Å². The summed E-state index contributed by atoms with van der Waals surface area (Å²) in [4.78, 5) is 0. The maximum absolute atomic E-state index is 8.54. The molecule has 102 valence electrons. The molecule has 2 N–H and O–H groups in total. The number of nitrogens with two attached hydrogens (primary N) is 1. The maximum Gasteiger partial charge on any atom is 0.185 e. The van der Waals surface area contributed by atoms with Gasteiger partial charge in [-0.25, -0.2) is 0 Å². The smallest absolute Gasteiger partial charge is 0.185 e. The molecule has 1 aromatic carbocycles. The number of nitrogen functional groups attached to an aromatic ring is 1. The van der Waals surface area contributed by atoms with Gasteiger partial charge in [-0.1, -0.05) is 0 Å². The Labute approximate surface area is 111 Å². The van der Waals surface area contributed by atoms with E-state index in [2.05, 4.69) is 0 Å². The molecule has 0 spiro atoms. The zero-order chi connectivity index (χ0) is 13.7. The number of rotatable bonds is 4. The highest BCUT2D eigenvalue weighted by Crippen LogP contribution is 2.38. The Morgan fingerprint density at radius 3 is 2.79 bits per heavy atom. The minimum absolute atomic E-state index is 0.0870. The van der Waals surface area contributed by atoms with Crippen molar-refractivity contribution < 1.29 is 18.9 Å². The van der Waals surface area contributed by atoms with Crippen LogP contribution in [0, 0.1) is 11.3 Å². The van der Waals surface area contributed by atoms with E-state index in [1.54, 1.807) is 12.1 Å². The third-order valence-corrected chi connectivity index (χ3v) is 2.71. The van der Waals surface area contributed by atoms with E-state index in [-0.39, 0.29) is 6.61 Å². The number of benzene rings is 1. The summed E-state index contributed by atoms with van der Waals surface area (Å²) in [6.07, 6.45) is 0.446. The van der Waals surface area contributed by atoms with Gasteiger partial charge in [0, 0.05) is 5.56 Å². The lowest BCUT2D eigenvalue weighted by atomic mass is 10.1. The van der Waals surface area contributed by atoms with Gasteiger partial charge in [0.1, 0.15) is 6.07 Å². The van der Waals surface area contributed by atoms with E-state index >= 15 is 0 Å². The molecule has 0 atom stereocenters. The fourth-order valence-corrected chi connectivity index (χ4v) is 1.87. The number of methoxy groups -OCH3 is 1. The van der Waals surface area contributed by atoms with Gasteiger partial charge in [0.2, 0.25) is 0 Å². The Morgan fingerprint density at radius 2 is 2.16 bits per heavy atom. The van der Waals surface area contributed by atoms with Crippen LogP contribution >= 0.6 is 0 Å². The van der Waals surface area contributed by atoms with Crippen LogP contribution in [0.4, 0.5) is 5.69 Å². The minimum Gasteiger partial charge on any atom is -0.493 e. The number of ether oxygens (including phenoxy) is 4. The van der Waals surface area contributed by atoms with Crippen LogP contribution in [0.15, 0.2) is 12.1 Å². The molecular formula is C13H16N2O4. The molecule has 0 bridgehead atoms. The quantitative estimate of drug-likeness (QED) is 0.831. The van der Waals surface area contributed by atoms with Crippen molar-refractivity contribution in [3.63, 3.8) is 0 Å². The molecule has 1 saturated heterocycles. The SMILES string of the molecule is COc1cc(C2OCCCO2)cc(N)c1OCC#N. The molecule has 19 heavy (non-hydrogen) atoms. The van der Waals surface area contributed by atoms with Crippen LogP contribution < -0.4 is 15.2 Å². The van der Waals surface area contributed by atoms with Crippen molar-refractivity contribution in [2.24, 2.45) is 0 Å². The molecule has 0 saturated carbocycles. The lowest BCUT2D eigenvalue weighted by molar-refractivity contribution is -0.183. The molecule has 1 aliphatic heterocycles. The Morgan fingerprint density at radius 1 is 1.42 bits per heavy atom. The van der Waals surface area contributed by atoms with Gasteiger partial charge >= 0.3 is 0 Å². The molecule has 2 rings (SSSR count). The number of nitriles is 1. The summed E-state index contributed by atoms with van der Waals surface area (Å²) in [5.74, 6) is 0.826. The molecule has 1 heterocycles. The van der Waals surface area contributed by atoms with E-state index in [9.17, 15) is 0 Å². The molecule has 0 aliphatic carbocycles. The molecule has 0 amide bonds. The first-order valence-corrected chi connectivity index (χ1v) is 5.96. The summed E-state index contributed by atoms with van der Waals surface area (Å²) >= 11 is 0.